The van der Waals surface area contributed by atoms with Gasteiger partial charge in [0.2, 0.25) is 5.91 Å². The minimum atomic E-state index is 0.183. The molecule has 18 heavy (non-hydrogen) atoms. The number of aryl methyl sites for hydroxylation is 1. The Hall–Kier alpha value is -0.480. The van der Waals surface area contributed by atoms with E-state index >= 15 is 0 Å². The van der Waals surface area contributed by atoms with Gasteiger partial charge in [-0.2, -0.15) is 12.6 Å². The highest BCUT2D eigenvalue weighted by atomic mass is 32.1. The summed E-state index contributed by atoms with van der Waals surface area (Å²) < 4.78 is 0. The molecule has 1 N–H and O–H groups in total. The van der Waals surface area contributed by atoms with E-state index in [9.17, 15) is 4.79 Å². The summed E-state index contributed by atoms with van der Waals surface area (Å²) in [5.74, 6) is 1.01. The predicted molar refractivity (Wildman–Crippen MR) is 80.5 cm³/mol. The first-order valence-corrected chi connectivity index (χ1v) is 7.93. The van der Waals surface area contributed by atoms with Crippen LogP contribution in [0.5, 0.6) is 0 Å². The zero-order chi connectivity index (χ0) is 13.2. The molecule has 0 aliphatic heterocycles. The second-order valence-electron chi connectivity index (χ2n) is 5.52. The van der Waals surface area contributed by atoms with Crippen LogP contribution in [0.4, 0.5) is 0 Å². The Kier molecular flexibility index (Phi) is 4.38. The number of nitrogens with one attached hydrogen (secondary N) is 1. The fraction of sp³-hybridized carbons (Fsp3) is 0.643. The Labute approximate surface area is 119 Å². The van der Waals surface area contributed by atoms with E-state index in [2.05, 4.69) is 43.9 Å². The normalized spacial score (nSPS) is 18.4. The molecule has 2 nitrogen and oxygen atoms in total. The SMILES string of the molecule is Cc1ccc(CC(C)NC(=O)CC2(CS)CC2)s1. The lowest BCUT2D eigenvalue weighted by atomic mass is 10.0. The van der Waals surface area contributed by atoms with Gasteiger partial charge >= 0.3 is 0 Å². The Morgan fingerprint density at radius 2 is 2.28 bits per heavy atom. The van der Waals surface area contributed by atoms with Crippen molar-refractivity contribution >= 4 is 29.9 Å². The summed E-state index contributed by atoms with van der Waals surface area (Å²) in [6.07, 6.45) is 3.88. The molecule has 1 aliphatic rings. The van der Waals surface area contributed by atoms with Crippen molar-refractivity contribution in [2.24, 2.45) is 5.41 Å². The van der Waals surface area contributed by atoms with E-state index < -0.39 is 0 Å². The quantitative estimate of drug-likeness (QED) is 0.771. The van der Waals surface area contributed by atoms with Gasteiger partial charge in [0.25, 0.3) is 0 Å². The minimum absolute atomic E-state index is 0.183. The average Bonchev–Trinajstić information content (AvgIpc) is 2.95. The molecule has 0 bridgehead atoms. The van der Waals surface area contributed by atoms with Crippen molar-refractivity contribution in [3.05, 3.63) is 21.9 Å². The fourth-order valence-electron chi connectivity index (χ4n) is 2.18. The maximum Gasteiger partial charge on any atom is 0.220 e. The fourth-order valence-corrected chi connectivity index (χ4v) is 3.63. The van der Waals surface area contributed by atoms with Crippen LogP contribution in [0.25, 0.3) is 0 Å². The Bertz CT molecular complexity index is 423. The van der Waals surface area contributed by atoms with Gasteiger partial charge < -0.3 is 5.32 Å². The van der Waals surface area contributed by atoms with Crippen molar-refractivity contribution in [3.8, 4) is 0 Å². The third-order valence-corrected chi connectivity index (χ3v) is 5.23. The molecule has 0 aromatic carbocycles. The largest absolute Gasteiger partial charge is 0.353 e. The number of amides is 1. The zero-order valence-electron chi connectivity index (χ0n) is 11.0. The van der Waals surface area contributed by atoms with Gasteiger partial charge in [-0.1, -0.05) is 0 Å². The van der Waals surface area contributed by atoms with Crippen LogP contribution in [-0.2, 0) is 11.2 Å². The predicted octanol–water partition coefficient (Wildman–Crippen LogP) is 3.20. The van der Waals surface area contributed by atoms with Gasteiger partial charge in [0, 0.05) is 28.6 Å². The number of thiol groups is 1. The highest BCUT2D eigenvalue weighted by Crippen LogP contribution is 2.49. The lowest BCUT2D eigenvalue weighted by Gasteiger charge is -2.16. The second-order valence-corrected chi connectivity index (χ2v) is 7.21. The molecule has 1 heterocycles. The molecule has 0 radical (unpaired) electrons. The smallest absolute Gasteiger partial charge is 0.220 e. The first kappa shape index (κ1) is 13.9. The van der Waals surface area contributed by atoms with Gasteiger partial charge in [0.05, 0.1) is 0 Å². The number of thiophene rings is 1. The van der Waals surface area contributed by atoms with Crippen molar-refractivity contribution in [3.63, 3.8) is 0 Å². The third-order valence-electron chi connectivity index (χ3n) is 3.54. The van der Waals surface area contributed by atoms with E-state index in [0.717, 1.165) is 25.0 Å². The van der Waals surface area contributed by atoms with E-state index in [4.69, 9.17) is 0 Å². The molecular formula is C14H21NOS2. The van der Waals surface area contributed by atoms with Crippen LogP contribution in [-0.4, -0.2) is 17.7 Å². The highest BCUT2D eigenvalue weighted by Gasteiger charge is 2.42. The Morgan fingerprint density at radius 3 is 2.78 bits per heavy atom. The molecule has 1 amide bonds. The van der Waals surface area contributed by atoms with Crippen LogP contribution in [0.3, 0.4) is 0 Å². The first-order chi connectivity index (χ1) is 8.53. The van der Waals surface area contributed by atoms with Crippen LogP contribution in [0.1, 0.15) is 35.9 Å². The van der Waals surface area contributed by atoms with Gasteiger partial charge in [-0.3, -0.25) is 4.79 Å². The lowest BCUT2D eigenvalue weighted by Crippen LogP contribution is -2.35. The van der Waals surface area contributed by atoms with Crippen LogP contribution < -0.4 is 5.32 Å². The maximum absolute atomic E-state index is 11.9. The Morgan fingerprint density at radius 1 is 1.56 bits per heavy atom. The van der Waals surface area contributed by atoms with Crippen LogP contribution in [0.15, 0.2) is 12.1 Å². The van der Waals surface area contributed by atoms with Gasteiger partial charge in [-0.15, -0.1) is 11.3 Å². The second kappa shape index (κ2) is 5.66. The number of rotatable bonds is 6. The minimum Gasteiger partial charge on any atom is -0.353 e. The standard InChI is InChI=1S/C14H21NOS2/c1-10(7-12-4-3-11(2)18-12)15-13(16)8-14(9-17)5-6-14/h3-4,10,17H,5-9H2,1-2H3,(H,15,16). The summed E-state index contributed by atoms with van der Waals surface area (Å²) in [6.45, 7) is 4.19. The van der Waals surface area contributed by atoms with Gasteiger partial charge in [0.1, 0.15) is 0 Å². The zero-order valence-corrected chi connectivity index (χ0v) is 12.7. The molecule has 0 spiro atoms. The van der Waals surface area contributed by atoms with E-state index in [-0.39, 0.29) is 17.4 Å². The summed E-state index contributed by atoms with van der Waals surface area (Å²) in [6, 6.07) is 4.50. The Balaban J connectivity index is 1.77. The summed E-state index contributed by atoms with van der Waals surface area (Å²) >= 11 is 6.14. The number of carbonyl (C=O) groups excluding carboxylic acids is 1. The van der Waals surface area contributed by atoms with Crippen molar-refractivity contribution in [1.29, 1.82) is 0 Å². The van der Waals surface area contributed by atoms with Crippen molar-refractivity contribution in [2.45, 2.75) is 45.6 Å². The molecule has 1 unspecified atom stereocenters. The molecule has 100 valence electrons. The van der Waals surface area contributed by atoms with Crippen molar-refractivity contribution < 1.29 is 4.79 Å². The molecule has 1 atom stereocenters. The van der Waals surface area contributed by atoms with E-state index in [1.54, 1.807) is 0 Å². The monoisotopic (exact) mass is 283 g/mol. The summed E-state index contributed by atoms with van der Waals surface area (Å²) in [5, 5.41) is 3.10. The topological polar surface area (TPSA) is 29.1 Å². The third kappa shape index (κ3) is 3.75. The highest BCUT2D eigenvalue weighted by molar-refractivity contribution is 7.80. The van der Waals surface area contributed by atoms with Gasteiger partial charge in [-0.05, 0) is 50.0 Å². The number of carbonyl (C=O) groups is 1. The van der Waals surface area contributed by atoms with Crippen molar-refractivity contribution in [1.82, 2.24) is 5.32 Å². The van der Waals surface area contributed by atoms with Crippen LogP contribution >= 0.6 is 24.0 Å². The maximum atomic E-state index is 11.9. The average molecular weight is 283 g/mol. The molecule has 0 saturated heterocycles. The van der Waals surface area contributed by atoms with E-state index in [1.807, 2.05) is 11.3 Å². The van der Waals surface area contributed by atoms with E-state index in [1.165, 1.54) is 9.75 Å². The lowest BCUT2D eigenvalue weighted by molar-refractivity contribution is -0.122. The number of hydrogen-bond acceptors (Lipinski definition) is 3. The number of hydrogen-bond donors (Lipinski definition) is 2. The molecule has 1 aromatic rings. The molecule has 1 aromatic heterocycles. The molecule has 1 saturated carbocycles. The summed E-state index contributed by atoms with van der Waals surface area (Å²) in [5.41, 5.74) is 0.215. The molecular weight excluding hydrogens is 262 g/mol. The molecule has 4 heteroatoms. The molecule has 1 fully saturated rings. The summed E-state index contributed by atoms with van der Waals surface area (Å²) in [7, 11) is 0. The van der Waals surface area contributed by atoms with Gasteiger partial charge in [0.15, 0.2) is 0 Å². The molecule has 1 aliphatic carbocycles. The van der Waals surface area contributed by atoms with Crippen LogP contribution in [0, 0.1) is 12.3 Å². The van der Waals surface area contributed by atoms with E-state index in [0.29, 0.717) is 6.42 Å². The summed E-state index contributed by atoms with van der Waals surface area (Å²) in [4.78, 5) is 14.6. The van der Waals surface area contributed by atoms with Crippen molar-refractivity contribution in [2.75, 3.05) is 5.75 Å². The first-order valence-electron chi connectivity index (χ1n) is 6.48. The molecule has 2 rings (SSSR count). The van der Waals surface area contributed by atoms with Gasteiger partial charge in [-0.25, -0.2) is 0 Å². The van der Waals surface area contributed by atoms with Crippen LogP contribution in [0.2, 0.25) is 0 Å².